The fourth-order valence-electron chi connectivity index (χ4n) is 1.35. The van der Waals surface area contributed by atoms with E-state index in [2.05, 4.69) is 6.07 Å². The third kappa shape index (κ3) is 1.42. The minimum atomic E-state index is 0.119. The number of rotatable bonds is 1. The van der Waals surface area contributed by atoms with E-state index in [4.69, 9.17) is 0 Å². The van der Waals surface area contributed by atoms with Crippen LogP contribution in [-0.2, 0) is 0 Å². The lowest BCUT2D eigenvalue weighted by molar-refractivity contribution is 0.469. The summed E-state index contributed by atoms with van der Waals surface area (Å²) in [5.74, 6) is 0.281. The summed E-state index contributed by atoms with van der Waals surface area (Å²) in [4.78, 5) is 0. The molecule has 0 saturated carbocycles. The Morgan fingerprint density at radius 2 is 1.57 bits per heavy atom. The van der Waals surface area contributed by atoms with Crippen molar-refractivity contribution in [2.75, 3.05) is 0 Å². The quantitative estimate of drug-likeness (QED) is 0.716. The summed E-state index contributed by atoms with van der Waals surface area (Å²) >= 11 is 0. The number of phenols is 2. The molecule has 0 fully saturated rings. The van der Waals surface area contributed by atoms with E-state index in [1.54, 1.807) is 30.3 Å². The molecule has 0 aromatic heterocycles. The average molecular weight is 185 g/mol. The van der Waals surface area contributed by atoms with E-state index in [1.165, 1.54) is 6.07 Å². The molecule has 2 aromatic rings. The van der Waals surface area contributed by atoms with Crippen LogP contribution < -0.4 is 0 Å². The molecule has 0 bridgehead atoms. The van der Waals surface area contributed by atoms with Crippen LogP contribution >= 0.6 is 0 Å². The minimum Gasteiger partial charge on any atom is -0.507 e. The molecule has 0 unspecified atom stereocenters. The van der Waals surface area contributed by atoms with Crippen molar-refractivity contribution in [2.45, 2.75) is 0 Å². The van der Waals surface area contributed by atoms with Crippen LogP contribution in [0.4, 0.5) is 0 Å². The highest BCUT2D eigenvalue weighted by molar-refractivity contribution is 5.74. The van der Waals surface area contributed by atoms with Crippen molar-refractivity contribution >= 4 is 0 Å². The molecule has 69 valence electrons. The Bertz CT molecular complexity index is 406. The Kier molecular flexibility index (Phi) is 2.11. The van der Waals surface area contributed by atoms with Crippen LogP contribution in [-0.4, -0.2) is 10.2 Å². The van der Waals surface area contributed by atoms with Crippen LogP contribution in [0, 0.1) is 6.07 Å². The zero-order valence-corrected chi connectivity index (χ0v) is 7.44. The highest BCUT2D eigenvalue weighted by Crippen LogP contribution is 2.34. The van der Waals surface area contributed by atoms with E-state index in [1.807, 2.05) is 6.07 Å². The van der Waals surface area contributed by atoms with E-state index in [0.717, 1.165) is 0 Å². The van der Waals surface area contributed by atoms with Crippen molar-refractivity contribution in [3.63, 3.8) is 0 Å². The molecule has 0 atom stereocenters. The smallest absolute Gasteiger partial charge is 0.124 e. The summed E-state index contributed by atoms with van der Waals surface area (Å²) in [5, 5.41) is 19.1. The zero-order chi connectivity index (χ0) is 9.97. The van der Waals surface area contributed by atoms with Gasteiger partial charge in [-0.1, -0.05) is 24.3 Å². The van der Waals surface area contributed by atoms with E-state index >= 15 is 0 Å². The second-order valence-corrected chi connectivity index (χ2v) is 2.96. The van der Waals surface area contributed by atoms with Crippen LogP contribution in [0.5, 0.6) is 11.5 Å². The van der Waals surface area contributed by atoms with Gasteiger partial charge in [0.15, 0.2) is 0 Å². The van der Waals surface area contributed by atoms with Gasteiger partial charge in [0, 0.05) is 11.1 Å². The van der Waals surface area contributed by atoms with Crippen LogP contribution in [0.25, 0.3) is 11.1 Å². The molecule has 14 heavy (non-hydrogen) atoms. The van der Waals surface area contributed by atoms with Crippen molar-refractivity contribution in [3.05, 3.63) is 48.5 Å². The molecule has 2 aromatic carbocycles. The lowest BCUT2D eigenvalue weighted by Gasteiger charge is -2.05. The number of benzene rings is 2. The number of para-hydroxylation sites is 1. The third-order valence-corrected chi connectivity index (χ3v) is 2.04. The average Bonchev–Trinajstić information content (AvgIpc) is 2.20. The normalized spacial score (nSPS) is 10.0. The summed E-state index contributed by atoms with van der Waals surface area (Å²) in [7, 11) is 0. The van der Waals surface area contributed by atoms with Gasteiger partial charge in [0.2, 0.25) is 0 Å². The zero-order valence-electron chi connectivity index (χ0n) is 7.44. The van der Waals surface area contributed by atoms with Gasteiger partial charge in [-0.15, -0.1) is 0 Å². The minimum absolute atomic E-state index is 0.119. The van der Waals surface area contributed by atoms with E-state index in [0.29, 0.717) is 11.1 Å². The van der Waals surface area contributed by atoms with Crippen LogP contribution in [0.2, 0.25) is 0 Å². The van der Waals surface area contributed by atoms with E-state index in [9.17, 15) is 10.2 Å². The third-order valence-electron chi connectivity index (χ3n) is 2.04. The van der Waals surface area contributed by atoms with Gasteiger partial charge in [-0.3, -0.25) is 0 Å². The molecule has 0 saturated heterocycles. The molecule has 2 heteroatoms. The van der Waals surface area contributed by atoms with Crippen LogP contribution in [0.15, 0.2) is 42.5 Å². The first kappa shape index (κ1) is 8.63. The second-order valence-electron chi connectivity index (χ2n) is 2.96. The molecule has 2 nitrogen and oxygen atoms in total. The molecule has 0 heterocycles. The van der Waals surface area contributed by atoms with Gasteiger partial charge in [0.1, 0.15) is 11.5 Å². The van der Waals surface area contributed by atoms with Gasteiger partial charge in [-0.05, 0) is 24.3 Å². The summed E-state index contributed by atoms with van der Waals surface area (Å²) in [6.45, 7) is 0. The molecule has 1 radical (unpaired) electrons. The maximum absolute atomic E-state index is 9.57. The van der Waals surface area contributed by atoms with Crippen molar-refractivity contribution in [3.8, 4) is 22.6 Å². The summed E-state index contributed by atoms with van der Waals surface area (Å²) in [6.07, 6.45) is 0. The maximum Gasteiger partial charge on any atom is 0.124 e. The lowest BCUT2D eigenvalue weighted by Crippen LogP contribution is -1.79. The van der Waals surface area contributed by atoms with Crippen molar-refractivity contribution in [1.29, 1.82) is 0 Å². The molecule has 0 aliphatic carbocycles. The van der Waals surface area contributed by atoms with Gasteiger partial charge in [0.05, 0.1) is 0 Å². The van der Waals surface area contributed by atoms with E-state index in [-0.39, 0.29) is 11.5 Å². The SMILES string of the molecule is Oc1c[c]ccc1-c1ccccc1O. The van der Waals surface area contributed by atoms with E-state index < -0.39 is 0 Å². The number of hydrogen-bond acceptors (Lipinski definition) is 2. The molecular formula is C12H9O2. The summed E-state index contributed by atoms with van der Waals surface area (Å²) in [6, 6.07) is 14.5. The second kappa shape index (κ2) is 3.42. The monoisotopic (exact) mass is 185 g/mol. The molecule has 0 aliphatic heterocycles. The molecule has 2 N–H and O–H groups in total. The molecule has 0 spiro atoms. The topological polar surface area (TPSA) is 40.5 Å². The number of phenolic OH excluding ortho intramolecular Hbond substituents is 2. The summed E-state index contributed by atoms with van der Waals surface area (Å²) < 4.78 is 0. The van der Waals surface area contributed by atoms with Crippen molar-refractivity contribution in [1.82, 2.24) is 0 Å². The summed E-state index contributed by atoms with van der Waals surface area (Å²) in [5.41, 5.74) is 1.24. The molecule has 0 amide bonds. The maximum atomic E-state index is 9.57. The first-order chi connectivity index (χ1) is 6.79. The van der Waals surface area contributed by atoms with Gasteiger partial charge in [-0.2, -0.15) is 0 Å². The number of hydrogen-bond donors (Lipinski definition) is 2. The largest absolute Gasteiger partial charge is 0.507 e. The highest BCUT2D eigenvalue weighted by Gasteiger charge is 2.06. The van der Waals surface area contributed by atoms with Gasteiger partial charge < -0.3 is 10.2 Å². The molecule has 2 rings (SSSR count). The highest BCUT2D eigenvalue weighted by atomic mass is 16.3. The Morgan fingerprint density at radius 3 is 2.29 bits per heavy atom. The predicted octanol–water partition coefficient (Wildman–Crippen LogP) is 2.56. The Balaban J connectivity index is 2.61. The van der Waals surface area contributed by atoms with Crippen molar-refractivity contribution < 1.29 is 10.2 Å². The van der Waals surface area contributed by atoms with Gasteiger partial charge >= 0.3 is 0 Å². The van der Waals surface area contributed by atoms with Gasteiger partial charge in [0.25, 0.3) is 0 Å². The van der Waals surface area contributed by atoms with Crippen LogP contribution in [0.3, 0.4) is 0 Å². The lowest BCUT2D eigenvalue weighted by atomic mass is 10.0. The van der Waals surface area contributed by atoms with Crippen LogP contribution in [0.1, 0.15) is 0 Å². The fraction of sp³-hybridized carbons (Fsp3) is 0. The first-order valence-electron chi connectivity index (χ1n) is 4.26. The molecule has 0 aliphatic rings. The Labute approximate surface area is 82.1 Å². The fourth-order valence-corrected chi connectivity index (χ4v) is 1.35. The predicted molar refractivity (Wildman–Crippen MR) is 54.0 cm³/mol. The standard InChI is InChI=1S/C12H9O2/c13-11-7-3-1-5-9(11)10-6-2-4-8-12(10)14/h1-3,5-8,13-14H. The number of aromatic hydroxyl groups is 2. The molecular weight excluding hydrogens is 176 g/mol. The Morgan fingerprint density at radius 1 is 0.857 bits per heavy atom. The van der Waals surface area contributed by atoms with Crippen molar-refractivity contribution in [2.24, 2.45) is 0 Å². The van der Waals surface area contributed by atoms with Gasteiger partial charge in [-0.25, -0.2) is 0 Å². The Hall–Kier alpha value is -1.96. The first-order valence-corrected chi connectivity index (χ1v) is 4.26.